The molecule has 2 rings (SSSR count). The van der Waals surface area contributed by atoms with Crippen molar-refractivity contribution in [3.05, 3.63) is 69.1 Å². The van der Waals surface area contributed by atoms with Gasteiger partial charge in [0.15, 0.2) is 5.78 Å². The quantitative estimate of drug-likeness (QED) is 0.313. The van der Waals surface area contributed by atoms with Gasteiger partial charge in [-0.3, -0.25) is 19.2 Å². The van der Waals surface area contributed by atoms with E-state index in [4.69, 9.17) is 10.2 Å². The molecule has 1 unspecified atom stereocenters. The fourth-order valence-electron chi connectivity index (χ4n) is 2.56. The fraction of sp³-hybridized carbons (Fsp3) is 0.150. The Hall–Kier alpha value is -4.21. The third-order valence-electron chi connectivity index (χ3n) is 3.95. The van der Waals surface area contributed by atoms with Crippen LogP contribution in [0.25, 0.3) is 6.08 Å². The van der Waals surface area contributed by atoms with Gasteiger partial charge in [-0.15, -0.1) is 0 Å². The van der Waals surface area contributed by atoms with Crippen LogP contribution in [0.15, 0.2) is 41.2 Å². The van der Waals surface area contributed by atoms with Crippen LogP contribution in [0.2, 0.25) is 0 Å². The second-order valence-electron chi connectivity index (χ2n) is 6.33. The zero-order chi connectivity index (χ0) is 22.4. The van der Waals surface area contributed by atoms with E-state index in [-0.39, 0.29) is 5.56 Å². The monoisotopic (exact) mass is 414 g/mol. The number of H-pyrrole nitrogens is 1. The molecule has 156 valence electrons. The highest BCUT2D eigenvalue weighted by atomic mass is 16.4. The van der Waals surface area contributed by atoms with Crippen LogP contribution in [0.3, 0.4) is 0 Å². The minimum atomic E-state index is -1.60. The molecule has 1 aromatic carbocycles. The van der Waals surface area contributed by atoms with E-state index < -0.39 is 53.0 Å². The van der Waals surface area contributed by atoms with Crippen LogP contribution in [0.5, 0.6) is 5.75 Å². The van der Waals surface area contributed by atoms with Gasteiger partial charge in [0.05, 0.1) is 6.42 Å². The topological polar surface area (TPSA) is 174 Å². The lowest BCUT2D eigenvalue weighted by Crippen LogP contribution is -2.42. The Kier molecular flexibility index (Phi) is 6.86. The Morgan fingerprint density at radius 1 is 1.17 bits per heavy atom. The Morgan fingerprint density at radius 2 is 1.87 bits per heavy atom. The van der Waals surface area contributed by atoms with Crippen molar-refractivity contribution in [1.82, 2.24) is 10.3 Å². The highest BCUT2D eigenvalue weighted by Gasteiger charge is 2.23. The first-order valence-electron chi connectivity index (χ1n) is 8.59. The van der Waals surface area contributed by atoms with Gasteiger partial charge in [0.1, 0.15) is 17.4 Å². The molecule has 0 radical (unpaired) electrons. The van der Waals surface area contributed by atoms with Gasteiger partial charge in [-0.1, -0.05) is 18.2 Å². The summed E-state index contributed by atoms with van der Waals surface area (Å²) in [6.07, 6.45) is 1.56. The van der Waals surface area contributed by atoms with Crippen LogP contribution < -0.4 is 10.9 Å². The largest absolute Gasteiger partial charge is 0.507 e. The van der Waals surface area contributed by atoms with Gasteiger partial charge in [0, 0.05) is 11.3 Å². The van der Waals surface area contributed by atoms with Gasteiger partial charge < -0.3 is 25.6 Å². The molecule has 1 aromatic heterocycles. The minimum Gasteiger partial charge on any atom is -0.507 e. The molecule has 0 spiro atoms. The van der Waals surface area contributed by atoms with E-state index in [2.05, 4.69) is 10.3 Å². The van der Waals surface area contributed by atoms with Crippen LogP contribution in [-0.4, -0.2) is 50.0 Å². The Balaban J connectivity index is 2.20. The first-order chi connectivity index (χ1) is 14.1. The number of pyridine rings is 1. The molecule has 1 heterocycles. The van der Waals surface area contributed by atoms with Crippen molar-refractivity contribution >= 4 is 29.7 Å². The molecule has 10 heteroatoms. The molecule has 2 aromatic rings. The summed E-state index contributed by atoms with van der Waals surface area (Å²) in [7, 11) is 0. The number of carbonyl (C=O) groups is 4. The van der Waals surface area contributed by atoms with Crippen LogP contribution >= 0.6 is 0 Å². The number of carboxylic acid groups (broad SMARTS) is 2. The summed E-state index contributed by atoms with van der Waals surface area (Å²) in [5.41, 5.74) is -0.363. The predicted molar refractivity (Wildman–Crippen MR) is 104 cm³/mol. The third-order valence-corrected chi connectivity index (χ3v) is 3.95. The van der Waals surface area contributed by atoms with Gasteiger partial charge in [-0.2, -0.15) is 0 Å². The molecule has 0 aliphatic heterocycles. The number of hydrogen-bond acceptors (Lipinski definition) is 6. The maximum absolute atomic E-state index is 12.2. The van der Waals surface area contributed by atoms with Crippen molar-refractivity contribution in [1.29, 1.82) is 0 Å². The maximum Gasteiger partial charge on any atom is 0.326 e. The average Bonchev–Trinajstić information content (AvgIpc) is 2.64. The SMILES string of the molecule is Cc1cc(O)c(C(=O)/C=C/c2cccc(C(=O)NC(CC(=O)O)C(=O)O)c2)c(=O)[nH]1. The molecule has 1 amide bonds. The number of carboxylic acids is 2. The number of hydrogen-bond donors (Lipinski definition) is 5. The van der Waals surface area contributed by atoms with E-state index in [0.717, 1.165) is 6.08 Å². The second-order valence-corrected chi connectivity index (χ2v) is 6.33. The zero-order valence-corrected chi connectivity index (χ0v) is 15.7. The zero-order valence-electron chi connectivity index (χ0n) is 15.7. The summed E-state index contributed by atoms with van der Waals surface area (Å²) in [6, 6.07) is 5.38. The fourth-order valence-corrected chi connectivity index (χ4v) is 2.56. The number of amides is 1. The summed E-state index contributed by atoms with van der Waals surface area (Å²) in [6.45, 7) is 1.55. The van der Waals surface area contributed by atoms with E-state index in [1.54, 1.807) is 13.0 Å². The number of carbonyl (C=O) groups excluding carboxylic acids is 2. The molecule has 5 N–H and O–H groups in total. The highest BCUT2D eigenvalue weighted by Crippen LogP contribution is 2.15. The maximum atomic E-state index is 12.2. The summed E-state index contributed by atoms with van der Waals surface area (Å²) >= 11 is 0. The Labute approximate surface area is 169 Å². The molecule has 0 aliphatic carbocycles. The van der Waals surface area contributed by atoms with E-state index in [1.807, 2.05) is 0 Å². The molecule has 30 heavy (non-hydrogen) atoms. The van der Waals surface area contributed by atoms with Crippen molar-refractivity contribution in [2.75, 3.05) is 0 Å². The lowest BCUT2D eigenvalue weighted by molar-refractivity contribution is -0.145. The summed E-state index contributed by atoms with van der Waals surface area (Å²) in [4.78, 5) is 60.6. The van der Waals surface area contributed by atoms with Crippen molar-refractivity contribution < 1.29 is 34.5 Å². The van der Waals surface area contributed by atoms with Crippen molar-refractivity contribution in [3.63, 3.8) is 0 Å². The smallest absolute Gasteiger partial charge is 0.326 e. The Bertz CT molecular complexity index is 1100. The normalized spacial score (nSPS) is 11.8. The number of allylic oxidation sites excluding steroid dienone is 1. The van der Waals surface area contributed by atoms with Crippen LogP contribution in [-0.2, 0) is 9.59 Å². The number of aromatic hydroxyl groups is 1. The minimum absolute atomic E-state index is 0.0391. The number of aliphatic carboxylic acids is 2. The second kappa shape index (κ2) is 9.32. The molecular formula is C20H18N2O8. The third kappa shape index (κ3) is 5.64. The molecular weight excluding hydrogens is 396 g/mol. The van der Waals surface area contributed by atoms with Gasteiger partial charge in [-0.25, -0.2) is 4.79 Å². The van der Waals surface area contributed by atoms with Crippen molar-refractivity contribution in [2.45, 2.75) is 19.4 Å². The highest BCUT2D eigenvalue weighted by molar-refractivity contribution is 6.08. The number of aromatic nitrogens is 1. The van der Waals surface area contributed by atoms with E-state index >= 15 is 0 Å². The van der Waals surface area contributed by atoms with Gasteiger partial charge in [-0.05, 0) is 36.8 Å². The summed E-state index contributed by atoms with van der Waals surface area (Å²) < 4.78 is 0. The molecule has 0 bridgehead atoms. The van der Waals surface area contributed by atoms with Crippen LogP contribution in [0, 0.1) is 6.92 Å². The number of rotatable bonds is 8. The average molecular weight is 414 g/mol. The molecule has 0 fully saturated rings. The number of aromatic amines is 1. The lowest BCUT2D eigenvalue weighted by Gasteiger charge is -2.12. The molecule has 0 saturated carbocycles. The van der Waals surface area contributed by atoms with E-state index in [0.29, 0.717) is 11.3 Å². The van der Waals surface area contributed by atoms with Gasteiger partial charge in [0.25, 0.3) is 11.5 Å². The molecule has 10 nitrogen and oxygen atoms in total. The number of ketones is 1. The van der Waals surface area contributed by atoms with Gasteiger partial charge >= 0.3 is 11.9 Å². The van der Waals surface area contributed by atoms with Crippen LogP contribution in [0.4, 0.5) is 0 Å². The summed E-state index contributed by atoms with van der Waals surface area (Å²) in [5.74, 6) is -4.89. The van der Waals surface area contributed by atoms with Crippen molar-refractivity contribution in [2.24, 2.45) is 0 Å². The summed E-state index contributed by atoms with van der Waals surface area (Å²) in [5, 5.41) is 29.7. The number of aryl methyl sites for hydroxylation is 1. The lowest BCUT2D eigenvalue weighted by atomic mass is 10.1. The van der Waals surface area contributed by atoms with E-state index in [9.17, 15) is 29.1 Å². The number of nitrogens with one attached hydrogen (secondary N) is 2. The number of benzene rings is 1. The molecule has 0 saturated heterocycles. The Morgan fingerprint density at radius 3 is 2.47 bits per heavy atom. The van der Waals surface area contributed by atoms with Gasteiger partial charge in [0.2, 0.25) is 0 Å². The molecule has 1 atom stereocenters. The van der Waals surface area contributed by atoms with E-state index in [1.165, 1.54) is 30.3 Å². The first kappa shape index (κ1) is 22.1. The van der Waals surface area contributed by atoms with Crippen LogP contribution in [0.1, 0.15) is 38.4 Å². The predicted octanol–water partition coefficient (Wildman–Crippen LogP) is 0.943. The van der Waals surface area contributed by atoms with Crippen molar-refractivity contribution in [3.8, 4) is 5.75 Å². The first-order valence-corrected chi connectivity index (χ1v) is 8.59. The standard InChI is InChI=1S/C20H18N2O8/c1-10-7-15(24)17(19(28)21-10)14(23)6-5-11-3-2-4-12(8-11)18(27)22-13(20(29)30)9-16(25)26/h2-8,13H,9H2,1H3,(H,22,27)(H,25,26)(H,29,30)(H2,21,24,28)/b6-5+. The molecule has 0 aliphatic rings.